The summed E-state index contributed by atoms with van der Waals surface area (Å²) >= 11 is 0. The summed E-state index contributed by atoms with van der Waals surface area (Å²) in [6, 6.07) is 6.73. The van der Waals surface area contributed by atoms with Gasteiger partial charge in [0.05, 0.1) is 6.20 Å². The first kappa shape index (κ1) is 25.4. The Morgan fingerprint density at radius 1 is 1.25 bits per heavy atom. The number of anilines is 1. The molecule has 0 spiro atoms. The number of aromatic nitrogens is 4. The van der Waals surface area contributed by atoms with Crippen LogP contribution in [0.2, 0.25) is 0 Å². The Kier molecular flexibility index (Phi) is 7.11. The summed E-state index contributed by atoms with van der Waals surface area (Å²) in [6.45, 7) is 4.92. The number of carbonyl (C=O) groups is 2. The number of amides is 2. The maximum Gasteiger partial charge on any atom is 0.407 e. The summed E-state index contributed by atoms with van der Waals surface area (Å²) in [4.78, 5) is 33.8. The minimum absolute atomic E-state index is 0.0830. The fourth-order valence-corrected chi connectivity index (χ4v) is 4.61. The largest absolute Gasteiger partial charge is 0.465 e. The van der Waals surface area contributed by atoms with E-state index >= 15 is 0 Å². The normalized spacial score (nSPS) is 16.3. The van der Waals surface area contributed by atoms with E-state index in [9.17, 15) is 23.1 Å². The second-order valence-corrected chi connectivity index (χ2v) is 11.1. The molecule has 4 rings (SSSR count). The predicted molar refractivity (Wildman–Crippen MR) is 132 cm³/mol. The Balaban J connectivity index is 1.52. The maximum absolute atomic E-state index is 12.8. The van der Waals surface area contributed by atoms with Crippen LogP contribution in [-0.2, 0) is 16.4 Å². The van der Waals surface area contributed by atoms with Crippen molar-refractivity contribution in [1.82, 2.24) is 29.8 Å². The second-order valence-electron chi connectivity index (χ2n) is 9.19. The fourth-order valence-electron chi connectivity index (χ4n) is 4.10. The van der Waals surface area contributed by atoms with Crippen LogP contribution in [0.25, 0.3) is 5.65 Å². The topological polar surface area (TPSA) is 159 Å². The molecule has 2 amide bonds. The minimum Gasteiger partial charge on any atom is -0.465 e. The van der Waals surface area contributed by atoms with E-state index < -0.39 is 15.9 Å². The molecule has 192 valence electrons. The molecule has 1 unspecified atom stereocenters. The number of fused-ring (bicyclic) bond motifs is 1. The van der Waals surface area contributed by atoms with Crippen molar-refractivity contribution in [2.45, 2.75) is 50.4 Å². The lowest BCUT2D eigenvalue weighted by molar-refractivity contribution is 0.0888. The van der Waals surface area contributed by atoms with Crippen molar-refractivity contribution in [2.24, 2.45) is 0 Å². The molecule has 0 radical (unpaired) electrons. The number of piperidine rings is 1. The lowest BCUT2D eigenvalue weighted by Gasteiger charge is -2.31. The van der Waals surface area contributed by atoms with Gasteiger partial charge in [0.15, 0.2) is 5.65 Å². The number of carboxylic acid groups (broad SMARTS) is 1. The van der Waals surface area contributed by atoms with Crippen molar-refractivity contribution in [3.8, 4) is 0 Å². The third kappa shape index (κ3) is 5.56. The van der Waals surface area contributed by atoms with Crippen LogP contribution >= 0.6 is 0 Å². The fraction of sp³-hybridized carbons (Fsp3) is 0.435. The number of benzene rings is 1. The molecule has 1 saturated heterocycles. The molecular weight excluding hydrogens is 486 g/mol. The highest BCUT2D eigenvalue weighted by molar-refractivity contribution is 7.90. The minimum atomic E-state index is -3.66. The van der Waals surface area contributed by atoms with E-state index in [4.69, 9.17) is 0 Å². The molecule has 0 aliphatic carbocycles. The monoisotopic (exact) mass is 515 g/mol. The highest BCUT2D eigenvalue weighted by atomic mass is 32.2. The van der Waals surface area contributed by atoms with Crippen LogP contribution in [0, 0.1) is 0 Å². The van der Waals surface area contributed by atoms with Gasteiger partial charge in [-0.3, -0.25) is 4.79 Å². The maximum atomic E-state index is 12.8. The van der Waals surface area contributed by atoms with Gasteiger partial charge in [-0.05, 0) is 36.5 Å². The first-order valence-corrected chi connectivity index (χ1v) is 13.5. The SMILES string of the molecule is CC(C)c1cnn2c(NCc3cccc(C(=O)NC4CCCN(C(=O)O)C4)c3)nc(S(C)(=O)=O)nc12. The zero-order chi connectivity index (χ0) is 26.0. The highest BCUT2D eigenvalue weighted by Crippen LogP contribution is 2.22. The Morgan fingerprint density at radius 3 is 2.72 bits per heavy atom. The molecule has 13 heteroatoms. The first-order valence-electron chi connectivity index (χ1n) is 11.6. The summed E-state index contributed by atoms with van der Waals surface area (Å²) in [5.74, 6) is 0.0178. The van der Waals surface area contributed by atoms with E-state index in [0.717, 1.165) is 17.4 Å². The van der Waals surface area contributed by atoms with Gasteiger partial charge < -0.3 is 20.6 Å². The summed E-state index contributed by atoms with van der Waals surface area (Å²) in [5.41, 5.74) is 2.42. The molecule has 2 aromatic heterocycles. The van der Waals surface area contributed by atoms with Crippen molar-refractivity contribution in [3.05, 3.63) is 47.2 Å². The van der Waals surface area contributed by atoms with E-state index in [1.54, 1.807) is 24.4 Å². The van der Waals surface area contributed by atoms with Gasteiger partial charge in [0.1, 0.15) is 0 Å². The van der Waals surface area contributed by atoms with E-state index in [0.29, 0.717) is 30.6 Å². The molecule has 0 saturated carbocycles. The Labute approximate surface area is 208 Å². The lowest BCUT2D eigenvalue weighted by Crippen LogP contribution is -2.49. The highest BCUT2D eigenvalue weighted by Gasteiger charge is 2.25. The number of sulfone groups is 1. The quantitative estimate of drug-likeness (QED) is 0.428. The van der Waals surface area contributed by atoms with E-state index in [-0.39, 0.29) is 42.1 Å². The van der Waals surface area contributed by atoms with Crippen LogP contribution in [0.15, 0.2) is 35.6 Å². The Bertz CT molecular complexity index is 1400. The third-order valence-electron chi connectivity index (χ3n) is 6.00. The van der Waals surface area contributed by atoms with Crippen LogP contribution in [0.1, 0.15) is 54.1 Å². The average molecular weight is 516 g/mol. The number of hydrogen-bond acceptors (Lipinski definition) is 8. The van der Waals surface area contributed by atoms with Crippen LogP contribution in [0.4, 0.5) is 10.7 Å². The van der Waals surface area contributed by atoms with Gasteiger partial charge in [0.2, 0.25) is 15.8 Å². The number of hydrogen-bond donors (Lipinski definition) is 3. The molecule has 36 heavy (non-hydrogen) atoms. The van der Waals surface area contributed by atoms with E-state index in [1.165, 1.54) is 9.42 Å². The summed E-state index contributed by atoms with van der Waals surface area (Å²) in [5, 5.41) is 19.3. The number of likely N-dealkylation sites (tertiary alicyclic amines) is 1. The van der Waals surface area contributed by atoms with Crippen LogP contribution < -0.4 is 10.6 Å². The van der Waals surface area contributed by atoms with Crippen molar-refractivity contribution >= 4 is 33.4 Å². The van der Waals surface area contributed by atoms with Crippen molar-refractivity contribution in [1.29, 1.82) is 0 Å². The number of rotatable bonds is 7. The van der Waals surface area contributed by atoms with E-state index in [1.807, 2.05) is 19.9 Å². The zero-order valence-corrected chi connectivity index (χ0v) is 21.1. The summed E-state index contributed by atoms with van der Waals surface area (Å²) in [6.07, 6.45) is 3.12. The van der Waals surface area contributed by atoms with Crippen molar-refractivity contribution < 1.29 is 23.1 Å². The number of carbonyl (C=O) groups excluding carboxylic acids is 1. The third-order valence-corrected chi connectivity index (χ3v) is 6.84. The van der Waals surface area contributed by atoms with Crippen LogP contribution in [-0.4, -0.2) is 75.4 Å². The summed E-state index contributed by atoms with van der Waals surface area (Å²) < 4.78 is 25.8. The van der Waals surface area contributed by atoms with Gasteiger partial charge in [0, 0.05) is 43.1 Å². The molecule has 1 aliphatic rings. The van der Waals surface area contributed by atoms with Gasteiger partial charge in [-0.25, -0.2) is 13.2 Å². The molecule has 1 aliphatic heterocycles. The molecule has 1 atom stereocenters. The average Bonchev–Trinajstić information content (AvgIpc) is 3.27. The standard InChI is InChI=1S/C23H29N7O5S/c1-14(2)18-12-25-30-19(18)27-22(36(3,34)35)28-21(30)24-11-15-6-4-7-16(10-15)20(31)26-17-8-5-9-29(13-17)23(32)33/h4,6-7,10,12,14,17H,5,8-9,11,13H2,1-3H3,(H,26,31)(H,32,33)(H,24,27,28). The molecule has 0 bridgehead atoms. The Hall–Kier alpha value is -3.74. The van der Waals surface area contributed by atoms with Crippen LogP contribution in [0.5, 0.6) is 0 Å². The second kappa shape index (κ2) is 10.1. The zero-order valence-electron chi connectivity index (χ0n) is 20.3. The number of nitrogens with one attached hydrogen (secondary N) is 2. The first-order chi connectivity index (χ1) is 17.0. The van der Waals surface area contributed by atoms with E-state index in [2.05, 4.69) is 25.7 Å². The predicted octanol–water partition coefficient (Wildman–Crippen LogP) is 2.14. The van der Waals surface area contributed by atoms with Crippen molar-refractivity contribution in [2.75, 3.05) is 24.7 Å². The molecule has 3 N–H and O–H groups in total. The van der Waals surface area contributed by atoms with Gasteiger partial charge in [-0.1, -0.05) is 26.0 Å². The molecule has 1 fully saturated rings. The molecule has 1 aromatic carbocycles. The van der Waals surface area contributed by atoms with Gasteiger partial charge >= 0.3 is 6.09 Å². The lowest BCUT2D eigenvalue weighted by atomic mass is 10.0. The van der Waals surface area contributed by atoms with Gasteiger partial charge in [0.25, 0.3) is 11.1 Å². The van der Waals surface area contributed by atoms with Crippen LogP contribution in [0.3, 0.4) is 0 Å². The molecule has 3 aromatic rings. The molecule has 3 heterocycles. The van der Waals surface area contributed by atoms with Gasteiger partial charge in [-0.2, -0.15) is 19.6 Å². The number of nitrogens with zero attached hydrogens (tertiary/aromatic N) is 5. The smallest absolute Gasteiger partial charge is 0.407 e. The molecule has 12 nitrogen and oxygen atoms in total. The Morgan fingerprint density at radius 2 is 2.03 bits per heavy atom. The summed E-state index contributed by atoms with van der Waals surface area (Å²) in [7, 11) is -3.66. The molecular formula is C23H29N7O5S. The van der Waals surface area contributed by atoms with Crippen molar-refractivity contribution in [3.63, 3.8) is 0 Å². The van der Waals surface area contributed by atoms with Gasteiger partial charge in [-0.15, -0.1) is 0 Å².